The second kappa shape index (κ2) is 9.59. The number of ether oxygens (including phenoxy) is 1. The average molecular weight is 435 g/mol. The summed E-state index contributed by atoms with van der Waals surface area (Å²) in [5.41, 5.74) is 4.29. The zero-order chi connectivity index (χ0) is 21.6. The molecule has 0 unspecified atom stereocenters. The Bertz CT molecular complexity index is 1130. The van der Waals surface area contributed by atoms with Crippen molar-refractivity contribution in [2.24, 2.45) is 0 Å². The van der Waals surface area contributed by atoms with Gasteiger partial charge < -0.3 is 15.0 Å². The Kier molecular flexibility index (Phi) is 6.45. The molecular formula is C23H23ClN6O. The summed E-state index contributed by atoms with van der Waals surface area (Å²) in [6.07, 6.45) is 3.55. The van der Waals surface area contributed by atoms with Crippen LogP contribution in [0.4, 0.5) is 11.6 Å². The number of hydrogen-bond acceptors (Lipinski definition) is 6. The van der Waals surface area contributed by atoms with Crippen LogP contribution in [0.3, 0.4) is 0 Å². The molecule has 2 heterocycles. The lowest BCUT2D eigenvalue weighted by Crippen LogP contribution is -2.19. The van der Waals surface area contributed by atoms with Crippen LogP contribution < -0.4 is 10.1 Å². The molecule has 0 saturated carbocycles. The molecule has 0 aliphatic carbocycles. The molecule has 4 aromatic rings. The van der Waals surface area contributed by atoms with Gasteiger partial charge in [0.15, 0.2) is 0 Å². The summed E-state index contributed by atoms with van der Waals surface area (Å²) in [5, 5.41) is 11.2. The Morgan fingerprint density at radius 1 is 1.03 bits per heavy atom. The van der Waals surface area contributed by atoms with Gasteiger partial charge >= 0.3 is 0 Å². The Hall–Kier alpha value is -3.42. The van der Waals surface area contributed by atoms with Gasteiger partial charge in [-0.1, -0.05) is 23.7 Å². The Balaban J connectivity index is 1.48. The smallest absolute Gasteiger partial charge is 0.227 e. The van der Waals surface area contributed by atoms with Gasteiger partial charge in [-0.15, -0.1) is 0 Å². The number of hydrogen-bond donors (Lipinski definition) is 2. The van der Waals surface area contributed by atoms with Crippen LogP contribution in [-0.4, -0.2) is 52.3 Å². The van der Waals surface area contributed by atoms with Crippen LogP contribution in [-0.2, 0) is 0 Å². The van der Waals surface area contributed by atoms with Crippen molar-refractivity contribution in [3.8, 4) is 28.3 Å². The van der Waals surface area contributed by atoms with Crippen LogP contribution in [0.1, 0.15) is 0 Å². The van der Waals surface area contributed by atoms with Gasteiger partial charge in [0.1, 0.15) is 18.1 Å². The largest absolute Gasteiger partial charge is 0.492 e. The van der Waals surface area contributed by atoms with E-state index >= 15 is 0 Å². The molecule has 0 saturated heterocycles. The molecule has 0 spiro atoms. The predicted molar refractivity (Wildman–Crippen MR) is 124 cm³/mol. The lowest BCUT2D eigenvalue weighted by molar-refractivity contribution is 0.261. The molecule has 2 N–H and O–H groups in total. The van der Waals surface area contributed by atoms with Crippen LogP contribution in [0, 0.1) is 0 Å². The maximum Gasteiger partial charge on any atom is 0.227 e. The highest BCUT2D eigenvalue weighted by molar-refractivity contribution is 6.30. The number of nitrogens with one attached hydrogen (secondary N) is 2. The molecule has 0 fully saturated rings. The first-order chi connectivity index (χ1) is 15.1. The van der Waals surface area contributed by atoms with Crippen molar-refractivity contribution < 1.29 is 4.74 Å². The van der Waals surface area contributed by atoms with Crippen LogP contribution in [0.2, 0.25) is 5.02 Å². The van der Waals surface area contributed by atoms with Crippen LogP contribution in [0.25, 0.3) is 22.5 Å². The first-order valence-electron chi connectivity index (χ1n) is 9.86. The van der Waals surface area contributed by atoms with E-state index in [0.29, 0.717) is 17.6 Å². The normalized spacial score (nSPS) is 11.0. The minimum Gasteiger partial charge on any atom is -0.492 e. The number of aromatic amines is 1. The number of H-pyrrole nitrogens is 1. The lowest BCUT2D eigenvalue weighted by atomic mass is 10.1. The summed E-state index contributed by atoms with van der Waals surface area (Å²) >= 11 is 6.01. The van der Waals surface area contributed by atoms with E-state index in [9.17, 15) is 0 Å². The molecule has 2 aromatic carbocycles. The molecule has 0 aliphatic heterocycles. The third kappa shape index (κ3) is 5.39. The molecular weight excluding hydrogens is 412 g/mol. The number of anilines is 2. The highest BCUT2D eigenvalue weighted by Gasteiger charge is 2.13. The van der Waals surface area contributed by atoms with E-state index in [1.165, 1.54) is 0 Å². The van der Waals surface area contributed by atoms with E-state index in [2.05, 4.69) is 30.4 Å². The Labute approximate surface area is 186 Å². The number of benzene rings is 2. The van der Waals surface area contributed by atoms with Crippen molar-refractivity contribution in [3.05, 3.63) is 72.0 Å². The highest BCUT2D eigenvalue weighted by Crippen LogP contribution is 2.30. The number of aromatic nitrogens is 4. The first-order valence-corrected chi connectivity index (χ1v) is 10.2. The van der Waals surface area contributed by atoms with Crippen molar-refractivity contribution in [2.75, 3.05) is 32.6 Å². The van der Waals surface area contributed by atoms with E-state index in [1.807, 2.05) is 74.9 Å². The first kappa shape index (κ1) is 20.8. The van der Waals surface area contributed by atoms with Crippen LogP contribution in [0.15, 0.2) is 67.0 Å². The summed E-state index contributed by atoms with van der Waals surface area (Å²) in [5.74, 6) is 1.33. The summed E-state index contributed by atoms with van der Waals surface area (Å²) in [6, 6.07) is 17.2. The molecule has 7 nitrogen and oxygen atoms in total. The minimum absolute atomic E-state index is 0.502. The van der Waals surface area contributed by atoms with Crippen LogP contribution in [0.5, 0.6) is 5.75 Å². The van der Waals surface area contributed by atoms with Crippen molar-refractivity contribution in [2.45, 2.75) is 0 Å². The van der Waals surface area contributed by atoms with Gasteiger partial charge in [0, 0.05) is 40.8 Å². The number of likely N-dealkylation sites (N-methyl/N-ethyl adjacent to an activating group) is 1. The molecule has 0 radical (unpaired) electrons. The van der Waals surface area contributed by atoms with Crippen molar-refractivity contribution in [3.63, 3.8) is 0 Å². The van der Waals surface area contributed by atoms with Gasteiger partial charge in [0.05, 0.1) is 5.69 Å². The maximum absolute atomic E-state index is 6.01. The fourth-order valence-corrected chi connectivity index (χ4v) is 3.12. The molecule has 0 aliphatic rings. The summed E-state index contributed by atoms with van der Waals surface area (Å²) in [6.45, 7) is 1.51. The molecule has 2 aromatic heterocycles. The molecule has 0 bridgehead atoms. The monoisotopic (exact) mass is 434 g/mol. The van der Waals surface area contributed by atoms with E-state index in [-0.39, 0.29) is 0 Å². The van der Waals surface area contributed by atoms with E-state index in [1.54, 1.807) is 6.20 Å². The van der Waals surface area contributed by atoms with Gasteiger partial charge in [-0.3, -0.25) is 5.10 Å². The summed E-state index contributed by atoms with van der Waals surface area (Å²) < 4.78 is 5.73. The fourth-order valence-electron chi connectivity index (χ4n) is 2.99. The molecule has 158 valence electrons. The SMILES string of the molecule is CN(C)CCOc1ccc(Nc2nccc(-c3c[nH]nc3-c3ccc(Cl)cc3)n2)cc1. The van der Waals surface area contributed by atoms with E-state index in [4.69, 9.17) is 16.3 Å². The third-order valence-corrected chi connectivity index (χ3v) is 4.86. The lowest BCUT2D eigenvalue weighted by Gasteiger charge is -2.11. The Morgan fingerprint density at radius 2 is 1.81 bits per heavy atom. The minimum atomic E-state index is 0.502. The van der Waals surface area contributed by atoms with Crippen molar-refractivity contribution in [1.82, 2.24) is 25.1 Å². The highest BCUT2D eigenvalue weighted by atomic mass is 35.5. The molecule has 0 atom stereocenters. The fraction of sp³-hybridized carbons (Fsp3) is 0.174. The van der Waals surface area contributed by atoms with E-state index in [0.717, 1.165) is 40.5 Å². The number of rotatable bonds is 8. The van der Waals surface area contributed by atoms with Gasteiger partial charge in [0.2, 0.25) is 5.95 Å². The van der Waals surface area contributed by atoms with Gasteiger partial charge in [-0.25, -0.2) is 9.97 Å². The van der Waals surface area contributed by atoms with Gasteiger partial charge in [-0.2, -0.15) is 5.10 Å². The topological polar surface area (TPSA) is 79.0 Å². The number of halogens is 1. The average Bonchev–Trinajstić information content (AvgIpc) is 3.25. The van der Waals surface area contributed by atoms with Gasteiger partial charge in [-0.05, 0) is 56.6 Å². The van der Waals surface area contributed by atoms with Crippen molar-refractivity contribution >= 4 is 23.2 Å². The van der Waals surface area contributed by atoms with E-state index < -0.39 is 0 Å². The van der Waals surface area contributed by atoms with Crippen LogP contribution >= 0.6 is 11.6 Å². The van der Waals surface area contributed by atoms with Crippen molar-refractivity contribution in [1.29, 1.82) is 0 Å². The molecule has 8 heteroatoms. The zero-order valence-electron chi connectivity index (χ0n) is 17.3. The second-order valence-corrected chi connectivity index (χ2v) is 7.66. The molecule has 0 amide bonds. The zero-order valence-corrected chi connectivity index (χ0v) is 18.1. The maximum atomic E-state index is 6.01. The van der Waals surface area contributed by atoms with Gasteiger partial charge in [0.25, 0.3) is 0 Å². The third-order valence-electron chi connectivity index (χ3n) is 4.61. The second-order valence-electron chi connectivity index (χ2n) is 7.22. The Morgan fingerprint density at radius 3 is 2.55 bits per heavy atom. The molecule has 4 rings (SSSR count). The molecule has 31 heavy (non-hydrogen) atoms. The standard InChI is InChI=1S/C23H23ClN6O/c1-30(2)13-14-31-19-9-7-18(8-10-19)27-23-25-12-11-21(28-23)20-15-26-29-22(20)16-3-5-17(24)6-4-16/h3-12,15H,13-14H2,1-2H3,(H,26,29)(H,25,27,28). The summed E-state index contributed by atoms with van der Waals surface area (Å²) in [7, 11) is 4.04. The quantitative estimate of drug-likeness (QED) is 0.412. The number of nitrogens with zero attached hydrogens (tertiary/aromatic N) is 4. The predicted octanol–water partition coefficient (Wildman–Crippen LogP) is 4.87. The summed E-state index contributed by atoms with van der Waals surface area (Å²) in [4.78, 5) is 11.1.